The summed E-state index contributed by atoms with van der Waals surface area (Å²) >= 11 is 1.57. The first-order valence-electron chi connectivity index (χ1n) is 9.22. The molecule has 3 heterocycles. The Bertz CT molecular complexity index is 944. The number of carbonyl (C=O) groups is 1. The van der Waals surface area contributed by atoms with Gasteiger partial charge in [0.05, 0.1) is 10.3 Å². The van der Waals surface area contributed by atoms with Crippen molar-refractivity contribution in [3.8, 4) is 0 Å². The van der Waals surface area contributed by atoms with Crippen LogP contribution < -0.4 is 4.90 Å². The third kappa shape index (κ3) is 4.04. The molecule has 1 aromatic carbocycles. The summed E-state index contributed by atoms with van der Waals surface area (Å²) in [5, 5.41) is 4.98. The van der Waals surface area contributed by atoms with Crippen molar-refractivity contribution in [2.24, 2.45) is 0 Å². The molecule has 1 saturated heterocycles. The lowest BCUT2D eigenvalue weighted by atomic mass is 10.1. The number of piperazine rings is 1. The summed E-state index contributed by atoms with van der Waals surface area (Å²) in [5.74, 6) is 0.711. The third-order valence-electron chi connectivity index (χ3n) is 4.98. The Labute approximate surface area is 161 Å². The highest BCUT2D eigenvalue weighted by Gasteiger charge is 2.22. The van der Waals surface area contributed by atoms with E-state index in [1.54, 1.807) is 17.4 Å². The molecule has 2 aromatic heterocycles. The van der Waals surface area contributed by atoms with E-state index in [9.17, 15) is 9.18 Å². The standard InChI is InChI=1S/C20H22FN3O2S/c1-14-4-7-19(27-14)17(25)3-2-8-23-9-11-24(12-10-23)20-16-6-5-15(21)13-18(16)26-22-20/h4-7,13H,2-3,8-12H2,1H3. The molecule has 1 fully saturated rings. The Hall–Kier alpha value is -2.25. The predicted molar refractivity (Wildman–Crippen MR) is 105 cm³/mol. The minimum absolute atomic E-state index is 0.244. The molecular weight excluding hydrogens is 365 g/mol. The topological polar surface area (TPSA) is 49.6 Å². The lowest BCUT2D eigenvalue weighted by Crippen LogP contribution is -2.46. The summed E-state index contributed by atoms with van der Waals surface area (Å²) in [5.41, 5.74) is 0.481. The van der Waals surface area contributed by atoms with Crippen molar-refractivity contribution in [3.63, 3.8) is 0 Å². The van der Waals surface area contributed by atoms with Crippen LogP contribution in [0.4, 0.5) is 10.2 Å². The number of carbonyl (C=O) groups excluding carboxylic acids is 1. The molecule has 142 valence electrons. The largest absolute Gasteiger partial charge is 0.354 e. The van der Waals surface area contributed by atoms with Gasteiger partial charge in [0, 0.05) is 43.5 Å². The Kier molecular flexibility index (Phi) is 5.22. The van der Waals surface area contributed by atoms with Crippen LogP contribution in [0.5, 0.6) is 0 Å². The van der Waals surface area contributed by atoms with Crippen molar-refractivity contribution in [2.45, 2.75) is 19.8 Å². The van der Waals surface area contributed by atoms with Gasteiger partial charge in [0.2, 0.25) is 0 Å². The lowest BCUT2D eigenvalue weighted by molar-refractivity contribution is 0.0978. The van der Waals surface area contributed by atoms with Crippen LogP contribution in [0, 0.1) is 12.7 Å². The van der Waals surface area contributed by atoms with Crippen molar-refractivity contribution in [2.75, 3.05) is 37.6 Å². The van der Waals surface area contributed by atoms with Gasteiger partial charge in [-0.05, 0) is 44.2 Å². The molecule has 4 rings (SSSR count). The first kappa shape index (κ1) is 18.1. The van der Waals surface area contributed by atoms with E-state index < -0.39 is 0 Å². The number of hydrogen-bond donors (Lipinski definition) is 0. The summed E-state index contributed by atoms with van der Waals surface area (Å²) in [7, 11) is 0. The van der Waals surface area contributed by atoms with Gasteiger partial charge in [0.15, 0.2) is 17.2 Å². The van der Waals surface area contributed by atoms with E-state index in [0.717, 1.165) is 55.2 Å². The molecule has 0 unspecified atom stereocenters. The zero-order valence-electron chi connectivity index (χ0n) is 15.3. The van der Waals surface area contributed by atoms with Crippen LogP contribution in [0.1, 0.15) is 27.4 Å². The number of Topliss-reactive ketones (excluding diaryl/α,β-unsaturated/α-hetero) is 1. The van der Waals surface area contributed by atoms with Gasteiger partial charge in [0.1, 0.15) is 5.82 Å². The van der Waals surface area contributed by atoms with E-state index in [1.165, 1.54) is 17.0 Å². The first-order valence-corrected chi connectivity index (χ1v) is 10.0. The number of hydrogen-bond acceptors (Lipinski definition) is 6. The summed E-state index contributed by atoms with van der Waals surface area (Å²) in [6, 6.07) is 8.45. The number of aromatic nitrogens is 1. The van der Waals surface area contributed by atoms with Crippen LogP contribution in [0.2, 0.25) is 0 Å². The minimum atomic E-state index is -0.317. The van der Waals surface area contributed by atoms with E-state index in [1.807, 2.05) is 19.1 Å². The van der Waals surface area contributed by atoms with Gasteiger partial charge in [0.25, 0.3) is 0 Å². The van der Waals surface area contributed by atoms with Crippen molar-refractivity contribution in [1.29, 1.82) is 0 Å². The molecule has 7 heteroatoms. The quantitative estimate of drug-likeness (QED) is 0.596. The van der Waals surface area contributed by atoms with Gasteiger partial charge >= 0.3 is 0 Å². The van der Waals surface area contributed by atoms with Crippen molar-refractivity contribution >= 4 is 33.9 Å². The molecule has 5 nitrogen and oxygen atoms in total. The SMILES string of the molecule is Cc1ccc(C(=O)CCCN2CCN(c3noc4cc(F)ccc34)CC2)s1. The molecule has 1 aliphatic rings. The minimum Gasteiger partial charge on any atom is -0.354 e. The van der Waals surface area contributed by atoms with Crippen LogP contribution in [0.15, 0.2) is 34.9 Å². The number of aryl methyl sites for hydroxylation is 1. The first-order chi connectivity index (χ1) is 13.1. The van der Waals surface area contributed by atoms with E-state index in [0.29, 0.717) is 12.0 Å². The summed E-state index contributed by atoms with van der Waals surface area (Å²) in [6.45, 7) is 6.47. The van der Waals surface area contributed by atoms with Gasteiger partial charge in [-0.15, -0.1) is 11.3 Å². The van der Waals surface area contributed by atoms with Gasteiger partial charge in [-0.3, -0.25) is 9.69 Å². The van der Waals surface area contributed by atoms with Crippen LogP contribution in [-0.2, 0) is 0 Å². The maximum absolute atomic E-state index is 13.3. The fraction of sp³-hybridized carbons (Fsp3) is 0.400. The second-order valence-corrected chi connectivity index (χ2v) is 8.20. The molecule has 0 bridgehead atoms. The van der Waals surface area contributed by atoms with E-state index in [4.69, 9.17) is 4.52 Å². The second-order valence-electron chi connectivity index (χ2n) is 6.91. The predicted octanol–water partition coefficient (Wildman–Crippen LogP) is 4.12. The molecule has 1 aliphatic heterocycles. The molecule has 0 saturated carbocycles. The van der Waals surface area contributed by atoms with Gasteiger partial charge in [-0.1, -0.05) is 5.16 Å². The summed E-state index contributed by atoms with van der Waals surface area (Å²) < 4.78 is 18.6. The third-order valence-corrected chi connectivity index (χ3v) is 6.02. The van der Waals surface area contributed by atoms with Crippen LogP contribution in [0.25, 0.3) is 11.0 Å². The number of fused-ring (bicyclic) bond motifs is 1. The zero-order valence-corrected chi connectivity index (χ0v) is 16.1. The molecule has 3 aromatic rings. The smallest absolute Gasteiger partial charge is 0.180 e. The number of ketones is 1. The maximum Gasteiger partial charge on any atom is 0.180 e. The molecular formula is C20H22FN3O2S. The molecule has 0 N–H and O–H groups in total. The second kappa shape index (κ2) is 7.78. The molecule has 0 radical (unpaired) electrons. The average molecular weight is 387 g/mol. The zero-order chi connectivity index (χ0) is 18.8. The highest BCUT2D eigenvalue weighted by atomic mass is 32.1. The summed E-state index contributed by atoms with van der Waals surface area (Å²) in [6.07, 6.45) is 1.47. The Morgan fingerprint density at radius 1 is 1.22 bits per heavy atom. The average Bonchev–Trinajstić information content (AvgIpc) is 3.28. The van der Waals surface area contributed by atoms with Gasteiger partial charge < -0.3 is 9.42 Å². The highest BCUT2D eigenvalue weighted by molar-refractivity contribution is 7.14. The monoisotopic (exact) mass is 387 g/mol. The normalized spacial score (nSPS) is 15.6. The van der Waals surface area contributed by atoms with Crippen molar-refractivity contribution < 1.29 is 13.7 Å². The molecule has 0 amide bonds. The number of nitrogens with zero attached hydrogens (tertiary/aromatic N) is 3. The fourth-order valence-electron chi connectivity index (χ4n) is 3.48. The van der Waals surface area contributed by atoms with Gasteiger partial charge in [-0.2, -0.15) is 0 Å². The molecule has 0 spiro atoms. The number of anilines is 1. The number of halogens is 1. The van der Waals surface area contributed by atoms with Crippen LogP contribution in [-0.4, -0.2) is 48.6 Å². The Morgan fingerprint density at radius 2 is 2.04 bits per heavy atom. The van der Waals surface area contributed by atoms with E-state index in [2.05, 4.69) is 15.0 Å². The molecule has 27 heavy (non-hydrogen) atoms. The summed E-state index contributed by atoms with van der Waals surface area (Å²) in [4.78, 5) is 18.8. The van der Waals surface area contributed by atoms with Crippen LogP contribution >= 0.6 is 11.3 Å². The number of benzene rings is 1. The fourth-order valence-corrected chi connectivity index (χ4v) is 4.32. The maximum atomic E-state index is 13.3. The highest BCUT2D eigenvalue weighted by Crippen LogP contribution is 2.27. The van der Waals surface area contributed by atoms with Crippen molar-refractivity contribution in [3.05, 3.63) is 45.9 Å². The molecule has 0 atom stereocenters. The lowest BCUT2D eigenvalue weighted by Gasteiger charge is -2.34. The Balaban J connectivity index is 1.27. The van der Waals surface area contributed by atoms with Crippen molar-refractivity contribution in [1.82, 2.24) is 10.1 Å². The van der Waals surface area contributed by atoms with Gasteiger partial charge in [-0.25, -0.2) is 4.39 Å². The van der Waals surface area contributed by atoms with E-state index >= 15 is 0 Å². The Morgan fingerprint density at radius 3 is 2.78 bits per heavy atom. The molecule has 0 aliphatic carbocycles. The van der Waals surface area contributed by atoms with E-state index in [-0.39, 0.29) is 11.6 Å². The number of thiophene rings is 1. The van der Waals surface area contributed by atoms with Crippen LogP contribution in [0.3, 0.4) is 0 Å². The number of rotatable bonds is 6.